The molecule has 0 radical (unpaired) electrons. The van der Waals surface area contributed by atoms with Crippen LogP contribution in [0.5, 0.6) is 0 Å². The molecule has 1 heterocycles. The second kappa shape index (κ2) is 3.04. The number of aromatic nitrogens is 2. The van der Waals surface area contributed by atoms with Crippen molar-refractivity contribution in [2.45, 2.75) is 0 Å². The molecular formula is C6H7N3O3. The van der Waals surface area contributed by atoms with Crippen LogP contribution >= 0.6 is 0 Å². The molecule has 0 aliphatic carbocycles. The van der Waals surface area contributed by atoms with Gasteiger partial charge in [0, 0.05) is 13.1 Å². The maximum absolute atomic E-state index is 10.9. The fraction of sp³-hybridized carbons (Fsp3) is 0.167. The van der Waals surface area contributed by atoms with Crippen molar-refractivity contribution in [2.24, 2.45) is 0 Å². The Morgan fingerprint density at radius 1 is 1.67 bits per heavy atom. The van der Waals surface area contributed by atoms with Gasteiger partial charge in [-0.1, -0.05) is 0 Å². The molecule has 0 aromatic carbocycles. The lowest BCUT2D eigenvalue weighted by atomic mass is 10.3. The van der Waals surface area contributed by atoms with E-state index in [0.717, 1.165) is 0 Å². The lowest BCUT2D eigenvalue weighted by molar-refractivity contribution is 0.0690. The fourth-order valence-corrected chi connectivity index (χ4v) is 0.676. The highest BCUT2D eigenvalue weighted by molar-refractivity contribution is 5.95. The van der Waals surface area contributed by atoms with Gasteiger partial charge >= 0.3 is 5.97 Å². The number of carboxylic acid groups (broad SMARTS) is 1. The van der Waals surface area contributed by atoms with E-state index in [1.54, 1.807) is 0 Å². The molecule has 1 rings (SSSR count). The third-order valence-electron chi connectivity index (χ3n) is 1.27. The molecule has 0 bridgehead atoms. The van der Waals surface area contributed by atoms with Crippen molar-refractivity contribution in [2.75, 3.05) is 7.05 Å². The van der Waals surface area contributed by atoms with Gasteiger partial charge in [0.15, 0.2) is 5.69 Å². The Balaban J connectivity index is 2.91. The van der Waals surface area contributed by atoms with Gasteiger partial charge < -0.3 is 10.4 Å². The number of H-pyrrole nitrogens is 1. The summed E-state index contributed by atoms with van der Waals surface area (Å²) in [5.41, 5.74) is -0.0384. The molecule has 1 amide bonds. The highest BCUT2D eigenvalue weighted by atomic mass is 16.4. The molecule has 3 N–H and O–H groups in total. The summed E-state index contributed by atoms with van der Waals surface area (Å²) in [7, 11) is 1.44. The third kappa shape index (κ3) is 1.42. The van der Waals surface area contributed by atoms with E-state index in [-0.39, 0.29) is 11.4 Å². The van der Waals surface area contributed by atoms with Crippen LogP contribution in [0, 0.1) is 0 Å². The monoisotopic (exact) mass is 169 g/mol. The SMILES string of the molecule is CNC(=O)c1cc(C(=O)O)[nH]n1. The van der Waals surface area contributed by atoms with E-state index in [9.17, 15) is 9.59 Å². The maximum atomic E-state index is 10.9. The van der Waals surface area contributed by atoms with Crippen molar-refractivity contribution in [3.8, 4) is 0 Å². The minimum Gasteiger partial charge on any atom is -0.477 e. The highest BCUT2D eigenvalue weighted by Crippen LogP contribution is 1.98. The Morgan fingerprint density at radius 3 is 2.75 bits per heavy atom. The number of hydrogen-bond donors (Lipinski definition) is 3. The summed E-state index contributed by atoms with van der Waals surface area (Å²) >= 11 is 0. The van der Waals surface area contributed by atoms with E-state index in [1.807, 2.05) is 0 Å². The zero-order valence-electron chi connectivity index (χ0n) is 6.29. The second-order valence-electron chi connectivity index (χ2n) is 2.05. The number of nitrogens with one attached hydrogen (secondary N) is 2. The number of amides is 1. The van der Waals surface area contributed by atoms with Crippen molar-refractivity contribution in [3.63, 3.8) is 0 Å². The second-order valence-corrected chi connectivity index (χ2v) is 2.05. The molecule has 1 aromatic rings. The standard InChI is InChI=1S/C6H7N3O3/c1-7-5(10)3-2-4(6(11)12)9-8-3/h2H,1H3,(H,7,10)(H,8,9)(H,11,12). The smallest absolute Gasteiger partial charge is 0.353 e. The van der Waals surface area contributed by atoms with Gasteiger partial charge in [0.05, 0.1) is 0 Å². The summed E-state index contributed by atoms with van der Waals surface area (Å²) in [5.74, 6) is -1.56. The summed E-state index contributed by atoms with van der Waals surface area (Å²) in [6.07, 6.45) is 0. The first-order valence-corrected chi connectivity index (χ1v) is 3.16. The van der Waals surface area contributed by atoms with Crippen LogP contribution in [0.1, 0.15) is 21.0 Å². The van der Waals surface area contributed by atoms with Crippen LogP contribution in [0.2, 0.25) is 0 Å². The maximum Gasteiger partial charge on any atom is 0.353 e. The molecule has 0 spiro atoms. The topological polar surface area (TPSA) is 95.1 Å². The van der Waals surface area contributed by atoms with Gasteiger partial charge in [-0.3, -0.25) is 9.89 Å². The van der Waals surface area contributed by atoms with E-state index in [2.05, 4.69) is 15.5 Å². The van der Waals surface area contributed by atoms with Gasteiger partial charge in [0.2, 0.25) is 0 Å². The number of hydrogen-bond acceptors (Lipinski definition) is 3. The summed E-state index contributed by atoms with van der Waals surface area (Å²) in [5, 5.41) is 16.5. The highest BCUT2D eigenvalue weighted by Gasteiger charge is 2.11. The summed E-state index contributed by atoms with van der Waals surface area (Å²) < 4.78 is 0. The Kier molecular flexibility index (Phi) is 2.09. The van der Waals surface area contributed by atoms with Crippen molar-refractivity contribution < 1.29 is 14.7 Å². The van der Waals surface area contributed by atoms with Gasteiger partial charge in [-0.25, -0.2) is 4.79 Å². The first kappa shape index (κ1) is 8.25. The minimum atomic E-state index is -1.14. The molecule has 0 saturated heterocycles. The first-order chi connectivity index (χ1) is 5.65. The van der Waals surface area contributed by atoms with Crippen LogP contribution in [-0.4, -0.2) is 34.2 Å². The Bertz CT molecular complexity index is 318. The van der Waals surface area contributed by atoms with Gasteiger partial charge in [0.1, 0.15) is 5.69 Å². The van der Waals surface area contributed by atoms with Crippen molar-refractivity contribution in [3.05, 3.63) is 17.5 Å². The molecule has 12 heavy (non-hydrogen) atoms. The van der Waals surface area contributed by atoms with Crippen LogP contribution in [0.15, 0.2) is 6.07 Å². The van der Waals surface area contributed by atoms with Gasteiger partial charge in [-0.05, 0) is 0 Å². The quantitative estimate of drug-likeness (QED) is 0.554. The third-order valence-corrected chi connectivity index (χ3v) is 1.27. The normalized spacial score (nSPS) is 9.42. The predicted molar refractivity (Wildman–Crippen MR) is 38.9 cm³/mol. The van der Waals surface area contributed by atoms with Crippen LogP contribution < -0.4 is 5.32 Å². The zero-order chi connectivity index (χ0) is 9.14. The first-order valence-electron chi connectivity index (χ1n) is 3.16. The summed E-state index contributed by atoms with van der Waals surface area (Å²) in [6.45, 7) is 0. The number of aromatic amines is 1. The van der Waals surface area contributed by atoms with Crippen LogP contribution in [-0.2, 0) is 0 Å². The molecule has 6 heteroatoms. The molecule has 64 valence electrons. The number of rotatable bonds is 2. The van der Waals surface area contributed by atoms with Gasteiger partial charge in [0.25, 0.3) is 5.91 Å². The van der Waals surface area contributed by atoms with Crippen molar-refractivity contribution in [1.82, 2.24) is 15.5 Å². The largest absolute Gasteiger partial charge is 0.477 e. The van der Waals surface area contributed by atoms with Crippen LogP contribution in [0.3, 0.4) is 0 Å². The van der Waals surface area contributed by atoms with E-state index in [4.69, 9.17) is 5.11 Å². The number of carbonyl (C=O) groups is 2. The Labute approximate surface area is 67.6 Å². The average molecular weight is 169 g/mol. The number of aromatic carboxylic acids is 1. The molecule has 0 aliphatic heterocycles. The molecular weight excluding hydrogens is 162 g/mol. The number of carbonyl (C=O) groups excluding carboxylic acids is 1. The molecule has 0 fully saturated rings. The number of nitrogens with zero attached hydrogens (tertiary/aromatic N) is 1. The van der Waals surface area contributed by atoms with Crippen LogP contribution in [0.4, 0.5) is 0 Å². The van der Waals surface area contributed by atoms with Crippen LogP contribution in [0.25, 0.3) is 0 Å². The summed E-state index contributed by atoms with van der Waals surface area (Å²) in [4.78, 5) is 21.2. The Morgan fingerprint density at radius 2 is 2.33 bits per heavy atom. The minimum absolute atomic E-state index is 0.0647. The molecule has 1 aromatic heterocycles. The molecule has 0 aliphatic rings. The Hall–Kier alpha value is -1.85. The van der Waals surface area contributed by atoms with Crippen molar-refractivity contribution in [1.29, 1.82) is 0 Å². The molecule has 6 nitrogen and oxygen atoms in total. The molecule has 0 atom stereocenters. The average Bonchev–Trinajstić information content (AvgIpc) is 2.51. The lowest BCUT2D eigenvalue weighted by Crippen LogP contribution is -2.18. The molecule has 0 saturated carbocycles. The van der Waals surface area contributed by atoms with Crippen molar-refractivity contribution >= 4 is 11.9 Å². The predicted octanol–water partition coefficient (Wildman–Crippen LogP) is -0.533. The summed E-state index contributed by atoms with van der Waals surface area (Å²) in [6, 6.07) is 1.17. The van der Waals surface area contributed by atoms with E-state index in [0.29, 0.717) is 0 Å². The fourth-order valence-electron chi connectivity index (χ4n) is 0.676. The number of carboxylic acids is 1. The lowest BCUT2D eigenvalue weighted by Gasteiger charge is -1.89. The zero-order valence-corrected chi connectivity index (χ0v) is 6.29. The van der Waals surface area contributed by atoms with E-state index >= 15 is 0 Å². The van der Waals surface area contributed by atoms with E-state index in [1.165, 1.54) is 13.1 Å². The van der Waals surface area contributed by atoms with Gasteiger partial charge in [-0.2, -0.15) is 5.10 Å². The van der Waals surface area contributed by atoms with E-state index < -0.39 is 11.9 Å². The van der Waals surface area contributed by atoms with Gasteiger partial charge in [-0.15, -0.1) is 0 Å². The molecule has 0 unspecified atom stereocenters.